The summed E-state index contributed by atoms with van der Waals surface area (Å²) in [6.07, 6.45) is 0. The smallest absolute Gasteiger partial charge is 0.269 e. The van der Waals surface area contributed by atoms with Crippen molar-refractivity contribution in [3.05, 3.63) is 0 Å². The van der Waals surface area contributed by atoms with Crippen LogP contribution in [0.3, 0.4) is 0 Å². The van der Waals surface area contributed by atoms with Gasteiger partial charge in [0.25, 0.3) is 15.9 Å². The Bertz CT molecular complexity index is 356. The maximum atomic E-state index is 10.7. The predicted molar refractivity (Wildman–Crippen MR) is 35.1 cm³/mol. The number of nitrogens with zero attached hydrogens (tertiary/aromatic N) is 3. The van der Waals surface area contributed by atoms with Crippen molar-refractivity contribution in [3.8, 4) is 0 Å². The number of carbonyl (C=O) groups excluding carboxylic acids is 2. The second-order valence-corrected chi connectivity index (χ2v) is 3.39. The Morgan fingerprint density at radius 3 is 2.50 bits per heavy atom. The second-order valence-electron chi connectivity index (χ2n) is 1.95. The Hall–Kier alpha value is -1.35. The molecule has 12 heavy (non-hydrogen) atoms. The summed E-state index contributed by atoms with van der Waals surface area (Å²) in [5.41, 5.74) is 0. The summed E-state index contributed by atoms with van der Waals surface area (Å²) in [4.78, 5) is 21.1. The first-order valence-electron chi connectivity index (χ1n) is 2.70. The average Bonchev–Trinajstić information content (AvgIpc) is 2.32. The molecule has 1 aliphatic heterocycles. The fraction of sp³-hybridized carbons (Fsp3) is 0.333. The molecule has 66 valence electrons. The van der Waals surface area contributed by atoms with Crippen LogP contribution in [0.1, 0.15) is 0 Å². The highest BCUT2D eigenvalue weighted by atomic mass is 32.2. The Kier molecular flexibility index (Phi) is 1.90. The molecule has 1 rings (SSSR count). The highest BCUT2D eigenvalue weighted by molar-refractivity contribution is 8.04. The molecule has 0 saturated carbocycles. The van der Waals surface area contributed by atoms with Crippen LogP contribution in [0.15, 0.2) is 10.3 Å². The Morgan fingerprint density at radius 1 is 1.58 bits per heavy atom. The van der Waals surface area contributed by atoms with Crippen LogP contribution in [0.2, 0.25) is 0 Å². The average molecular weight is 192 g/mol. The molecule has 0 saturated heterocycles. The van der Waals surface area contributed by atoms with Crippen LogP contribution in [0.5, 0.6) is 0 Å². The van der Waals surface area contributed by atoms with E-state index < -0.39 is 27.7 Å². The Morgan fingerprint density at radius 2 is 2.17 bits per heavy atom. The largest absolute Gasteiger partial charge is 0.375 e. The van der Waals surface area contributed by atoms with Crippen LogP contribution in [-0.2, 0) is 14.8 Å². The standard InChI is InChI=1S/C3H4N4O4S/c4-12(10,11)3(9)7-1-2(8)5-6-7/h1H2,(H2,4,10,11). The molecule has 0 spiro atoms. The number of sulfonamides is 1. The van der Waals surface area contributed by atoms with Crippen LogP contribution in [-0.4, -0.2) is 31.1 Å². The van der Waals surface area contributed by atoms with Crippen LogP contribution in [0, 0.1) is 0 Å². The van der Waals surface area contributed by atoms with Gasteiger partial charge in [-0.2, -0.15) is 5.01 Å². The van der Waals surface area contributed by atoms with Gasteiger partial charge in [-0.1, -0.05) is 10.3 Å². The summed E-state index contributed by atoms with van der Waals surface area (Å²) < 4.78 is 20.8. The van der Waals surface area contributed by atoms with Gasteiger partial charge in [-0.05, 0) is 0 Å². The monoisotopic (exact) mass is 192 g/mol. The van der Waals surface area contributed by atoms with Crippen molar-refractivity contribution < 1.29 is 18.0 Å². The van der Waals surface area contributed by atoms with Crippen LogP contribution >= 0.6 is 0 Å². The van der Waals surface area contributed by atoms with E-state index in [0.717, 1.165) is 0 Å². The van der Waals surface area contributed by atoms with E-state index in [0.29, 0.717) is 5.01 Å². The third-order valence-electron chi connectivity index (χ3n) is 1.00. The molecule has 2 N–H and O–H groups in total. The Labute approximate surface area is 67.1 Å². The van der Waals surface area contributed by atoms with E-state index in [4.69, 9.17) is 0 Å². The van der Waals surface area contributed by atoms with Crippen molar-refractivity contribution in [2.45, 2.75) is 0 Å². The third-order valence-corrected chi connectivity index (χ3v) is 1.70. The molecule has 1 heterocycles. The van der Waals surface area contributed by atoms with Gasteiger partial charge < -0.3 is 0 Å². The lowest BCUT2D eigenvalue weighted by Gasteiger charge is -2.04. The third kappa shape index (κ3) is 1.62. The molecular weight excluding hydrogens is 188 g/mol. The van der Waals surface area contributed by atoms with E-state index >= 15 is 0 Å². The fourth-order valence-electron chi connectivity index (χ4n) is 0.543. The molecule has 0 aromatic rings. The van der Waals surface area contributed by atoms with E-state index in [1.54, 1.807) is 0 Å². The summed E-state index contributed by atoms with van der Waals surface area (Å²) in [5, 5.41) is 9.33. The quantitative estimate of drug-likeness (QED) is 0.507. The zero-order valence-electron chi connectivity index (χ0n) is 5.67. The van der Waals surface area contributed by atoms with E-state index in [1.165, 1.54) is 0 Å². The number of nitrogens with two attached hydrogens (primary N) is 1. The lowest BCUT2D eigenvalue weighted by molar-refractivity contribution is -0.116. The first-order chi connectivity index (χ1) is 5.41. The van der Waals surface area contributed by atoms with Gasteiger partial charge in [0.2, 0.25) is 0 Å². The number of amides is 2. The number of carbonyl (C=O) groups is 2. The summed E-state index contributed by atoms with van der Waals surface area (Å²) in [5.74, 6) is -0.688. The topological polar surface area (TPSA) is 122 Å². The SMILES string of the molecule is NS(=O)(=O)C(=O)N1CC(=O)N=N1. The highest BCUT2D eigenvalue weighted by Gasteiger charge is 2.29. The minimum Gasteiger partial charge on any atom is -0.269 e. The van der Waals surface area contributed by atoms with Gasteiger partial charge in [0.05, 0.1) is 0 Å². The maximum absolute atomic E-state index is 10.7. The maximum Gasteiger partial charge on any atom is 0.375 e. The van der Waals surface area contributed by atoms with Crippen LogP contribution < -0.4 is 5.14 Å². The second kappa shape index (κ2) is 2.60. The molecule has 0 unspecified atom stereocenters. The van der Waals surface area contributed by atoms with Crippen LogP contribution in [0.4, 0.5) is 4.79 Å². The molecule has 2 amide bonds. The normalized spacial score (nSPS) is 17.1. The zero-order valence-corrected chi connectivity index (χ0v) is 6.48. The van der Waals surface area contributed by atoms with Gasteiger partial charge in [-0.15, -0.1) is 0 Å². The van der Waals surface area contributed by atoms with Gasteiger partial charge in [0.1, 0.15) is 6.54 Å². The van der Waals surface area contributed by atoms with Crippen molar-refractivity contribution in [1.29, 1.82) is 0 Å². The van der Waals surface area contributed by atoms with Gasteiger partial charge in [-0.25, -0.2) is 13.6 Å². The molecule has 0 bridgehead atoms. The first kappa shape index (κ1) is 8.74. The van der Waals surface area contributed by atoms with Crippen molar-refractivity contribution >= 4 is 21.2 Å². The van der Waals surface area contributed by atoms with Gasteiger partial charge >= 0.3 is 5.24 Å². The van der Waals surface area contributed by atoms with Gasteiger partial charge in [-0.3, -0.25) is 9.59 Å². The van der Waals surface area contributed by atoms with Crippen molar-refractivity contribution in [2.24, 2.45) is 15.5 Å². The van der Waals surface area contributed by atoms with Crippen LogP contribution in [0.25, 0.3) is 0 Å². The van der Waals surface area contributed by atoms with Gasteiger partial charge in [0, 0.05) is 0 Å². The van der Waals surface area contributed by atoms with Crippen molar-refractivity contribution in [2.75, 3.05) is 6.54 Å². The summed E-state index contributed by atoms with van der Waals surface area (Å²) in [6, 6.07) is 0. The molecule has 1 aliphatic rings. The van der Waals surface area contributed by atoms with E-state index in [1.807, 2.05) is 0 Å². The molecule has 0 atom stereocenters. The predicted octanol–water partition coefficient (Wildman–Crippen LogP) is -1.40. The number of rotatable bonds is 0. The molecule has 0 fully saturated rings. The lowest BCUT2D eigenvalue weighted by atomic mass is 10.6. The molecule has 0 aromatic heterocycles. The summed E-state index contributed by atoms with van der Waals surface area (Å²) in [7, 11) is -4.33. The Balaban J connectivity index is 2.82. The zero-order chi connectivity index (χ0) is 9.35. The molecule has 0 aliphatic carbocycles. The minimum absolute atomic E-state index is 0.387. The summed E-state index contributed by atoms with van der Waals surface area (Å²) in [6.45, 7) is -0.477. The van der Waals surface area contributed by atoms with E-state index in [9.17, 15) is 18.0 Å². The molecule has 8 nitrogen and oxygen atoms in total. The molecule has 0 aromatic carbocycles. The number of hydrogen-bond acceptors (Lipinski definition) is 5. The molecular formula is C3H4N4O4S. The van der Waals surface area contributed by atoms with E-state index in [-0.39, 0.29) is 0 Å². The summed E-state index contributed by atoms with van der Waals surface area (Å²) >= 11 is 0. The van der Waals surface area contributed by atoms with Crippen molar-refractivity contribution in [3.63, 3.8) is 0 Å². The van der Waals surface area contributed by atoms with Gasteiger partial charge in [0.15, 0.2) is 0 Å². The minimum atomic E-state index is -4.33. The van der Waals surface area contributed by atoms with E-state index in [2.05, 4.69) is 15.5 Å². The lowest BCUT2D eigenvalue weighted by Crippen LogP contribution is -2.35. The molecule has 0 radical (unpaired) electrons. The van der Waals surface area contributed by atoms with Crippen molar-refractivity contribution in [1.82, 2.24) is 5.01 Å². The highest BCUT2D eigenvalue weighted by Crippen LogP contribution is 2.05. The number of hydrogen-bond donors (Lipinski definition) is 1. The number of primary sulfonamides is 1. The fourth-order valence-corrected chi connectivity index (χ4v) is 0.938. The molecule has 9 heteroatoms. The first-order valence-corrected chi connectivity index (χ1v) is 4.24.